The van der Waals surface area contributed by atoms with E-state index in [1.54, 1.807) is 0 Å². The Bertz CT molecular complexity index is 143. The summed E-state index contributed by atoms with van der Waals surface area (Å²) in [5.74, 6) is 0. The lowest BCUT2D eigenvalue weighted by atomic mass is 10.1. The predicted octanol–water partition coefficient (Wildman–Crippen LogP) is -0.0878. The third kappa shape index (κ3) is 2.02. The van der Waals surface area contributed by atoms with Crippen molar-refractivity contribution in [2.75, 3.05) is 13.2 Å². The van der Waals surface area contributed by atoms with E-state index in [-0.39, 0.29) is 18.6 Å². The van der Waals surface area contributed by atoms with Crippen molar-refractivity contribution in [1.29, 1.82) is 0 Å². The maximum atomic E-state index is 10.00. The summed E-state index contributed by atoms with van der Waals surface area (Å²) in [5, 5.41) is 8.71. The molecule has 1 aliphatic carbocycles. The third-order valence-electron chi connectivity index (χ3n) is 1.76. The molecule has 2 N–H and O–H groups in total. The molecule has 0 aromatic rings. The van der Waals surface area contributed by atoms with Crippen LogP contribution in [0.25, 0.3) is 0 Å². The van der Waals surface area contributed by atoms with Crippen molar-refractivity contribution in [2.45, 2.75) is 12.8 Å². The van der Waals surface area contributed by atoms with E-state index < -0.39 is 11.4 Å². The van der Waals surface area contributed by atoms with E-state index in [1.165, 1.54) is 0 Å². The second kappa shape index (κ2) is 2.96. The fourth-order valence-corrected chi connectivity index (χ4v) is 1.05. The molecule has 0 heterocycles. The van der Waals surface area contributed by atoms with E-state index >= 15 is 0 Å². The minimum absolute atomic E-state index is 0.0458. The van der Waals surface area contributed by atoms with E-state index in [0.29, 0.717) is 0 Å². The van der Waals surface area contributed by atoms with Gasteiger partial charge < -0.3 is 5.11 Å². The summed E-state index contributed by atoms with van der Waals surface area (Å²) in [5.41, 5.74) is -0.196. The Kier molecular flexibility index (Phi) is 2.40. The first-order chi connectivity index (χ1) is 4.68. The standard InChI is InChI=1S/C5H10O4S/c6-3-5(1-2-5)4-9-10(7)8/h6H,1-4H2,(H,7,8). The Hall–Kier alpha value is 0.0300. The van der Waals surface area contributed by atoms with Gasteiger partial charge in [0.25, 0.3) is 0 Å². The molecule has 1 unspecified atom stereocenters. The third-order valence-corrected chi connectivity index (χ3v) is 2.08. The number of hydrogen-bond donors (Lipinski definition) is 2. The molecule has 0 aliphatic heterocycles. The van der Waals surface area contributed by atoms with Gasteiger partial charge in [0.05, 0.1) is 13.2 Å². The largest absolute Gasteiger partial charge is 0.396 e. The van der Waals surface area contributed by atoms with Crippen LogP contribution in [-0.2, 0) is 15.5 Å². The van der Waals surface area contributed by atoms with Gasteiger partial charge in [-0.1, -0.05) is 0 Å². The predicted molar refractivity (Wildman–Crippen MR) is 35.5 cm³/mol. The smallest absolute Gasteiger partial charge is 0.301 e. The van der Waals surface area contributed by atoms with Gasteiger partial charge in [-0.25, -0.2) is 0 Å². The summed E-state index contributed by atoms with van der Waals surface area (Å²) in [6, 6.07) is 0. The van der Waals surface area contributed by atoms with Crippen molar-refractivity contribution >= 4 is 11.4 Å². The van der Waals surface area contributed by atoms with Crippen LogP contribution < -0.4 is 0 Å². The molecule has 0 radical (unpaired) electrons. The summed E-state index contributed by atoms with van der Waals surface area (Å²) in [6.45, 7) is 0.233. The molecule has 1 atom stereocenters. The zero-order valence-corrected chi connectivity index (χ0v) is 6.26. The molecular formula is C5H10O4S. The van der Waals surface area contributed by atoms with Crippen LogP contribution in [0.15, 0.2) is 0 Å². The first-order valence-corrected chi connectivity index (χ1v) is 4.07. The van der Waals surface area contributed by atoms with Crippen molar-refractivity contribution in [1.82, 2.24) is 0 Å². The van der Waals surface area contributed by atoms with E-state index in [9.17, 15) is 4.21 Å². The van der Waals surface area contributed by atoms with E-state index in [4.69, 9.17) is 9.66 Å². The highest BCUT2D eigenvalue weighted by Crippen LogP contribution is 2.45. The molecule has 1 fully saturated rings. The molecule has 4 nitrogen and oxygen atoms in total. The number of aliphatic hydroxyl groups excluding tert-OH is 1. The zero-order chi connectivity index (χ0) is 7.61. The lowest BCUT2D eigenvalue weighted by molar-refractivity contribution is 0.148. The van der Waals surface area contributed by atoms with Gasteiger partial charge in [-0.05, 0) is 12.8 Å². The molecule has 0 bridgehead atoms. The maximum absolute atomic E-state index is 10.00. The number of rotatable bonds is 4. The lowest BCUT2D eigenvalue weighted by Crippen LogP contribution is -2.15. The molecule has 60 valence electrons. The molecule has 1 rings (SSSR count). The van der Waals surface area contributed by atoms with Crippen molar-refractivity contribution in [3.8, 4) is 0 Å². The van der Waals surface area contributed by atoms with Crippen LogP contribution in [-0.4, -0.2) is 27.1 Å². The molecule has 10 heavy (non-hydrogen) atoms. The minimum atomic E-state index is -2.18. The van der Waals surface area contributed by atoms with Gasteiger partial charge >= 0.3 is 11.4 Å². The van der Waals surface area contributed by atoms with Gasteiger partial charge in [-0.2, -0.15) is 4.21 Å². The number of aliphatic hydroxyl groups is 1. The monoisotopic (exact) mass is 166 g/mol. The van der Waals surface area contributed by atoms with Crippen LogP contribution in [0.2, 0.25) is 0 Å². The van der Waals surface area contributed by atoms with Crippen LogP contribution in [0.5, 0.6) is 0 Å². The van der Waals surface area contributed by atoms with E-state index in [2.05, 4.69) is 4.18 Å². The Morgan fingerprint density at radius 1 is 1.60 bits per heavy atom. The molecular weight excluding hydrogens is 156 g/mol. The SMILES string of the molecule is O=S(O)OCC1(CO)CC1. The van der Waals surface area contributed by atoms with Crippen LogP contribution >= 0.6 is 0 Å². The van der Waals surface area contributed by atoms with Crippen molar-refractivity contribution in [3.63, 3.8) is 0 Å². The molecule has 0 aromatic heterocycles. The van der Waals surface area contributed by atoms with Gasteiger partial charge in [0, 0.05) is 5.41 Å². The van der Waals surface area contributed by atoms with E-state index in [0.717, 1.165) is 12.8 Å². The average Bonchev–Trinajstić information content (AvgIpc) is 2.64. The Morgan fingerprint density at radius 2 is 2.20 bits per heavy atom. The second-order valence-electron chi connectivity index (χ2n) is 2.64. The highest BCUT2D eigenvalue weighted by Gasteiger charge is 2.42. The van der Waals surface area contributed by atoms with Gasteiger partial charge in [-0.15, -0.1) is 0 Å². The molecule has 0 saturated heterocycles. The van der Waals surface area contributed by atoms with Crippen molar-refractivity contribution < 1.29 is 18.1 Å². The fourth-order valence-electron chi connectivity index (χ4n) is 0.700. The van der Waals surface area contributed by atoms with Gasteiger partial charge in [0.15, 0.2) is 0 Å². The van der Waals surface area contributed by atoms with Crippen molar-refractivity contribution in [2.24, 2.45) is 5.41 Å². The second-order valence-corrected chi connectivity index (χ2v) is 3.31. The molecule has 0 spiro atoms. The molecule has 1 saturated carbocycles. The van der Waals surface area contributed by atoms with Crippen molar-refractivity contribution in [3.05, 3.63) is 0 Å². The summed E-state index contributed by atoms with van der Waals surface area (Å²) >= 11 is -2.18. The highest BCUT2D eigenvalue weighted by molar-refractivity contribution is 7.74. The molecule has 5 heteroatoms. The molecule has 0 aromatic carbocycles. The van der Waals surface area contributed by atoms with Gasteiger partial charge in [0.2, 0.25) is 0 Å². The quantitative estimate of drug-likeness (QED) is 0.573. The summed E-state index contributed by atoms with van der Waals surface area (Å²) in [7, 11) is 0. The van der Waals surface area contributed by atoms with Crippen LogP contribution in [0.1, 0.15) is 12.8 Å². The topological polar surface area (TPSA) is 66.8 Å². The Morgan fingerprint density at radius 3 is 2.50 bits per heavy atom. The Balaban J connectivity index is 2.19. The summed E-state index contributed by atoms with van der Waals surface area (Å²) < 4.78 is 22.6. The summed E-state index contributed by atoms with van der Waals surface area (Å²) in [4.78, 5) is 0. The highest BCUT2D eigenvalue weighted by atomic mass is 32.2. The van der Waals surface area contributed by atoms with E-state index in [1.807, 2.05) is 0 Å². The Labute approximate surface area is 61.7 Å². The maximum Gasteiger partial charge on any atom is 0.301 e. The normalized spacial score (nSPS) is 24.2. The first kappa shape index (κ1) is 8.13. The number of hydrogen-bond acceptors (Lipinski definition) is 3. The van der Waals surface area contributed by atoms with Crippen LogP contribution in [0.4, 0.5) is 0 Å². The van der Waals surface area contributed by atoms with Crippen LogP contribution in [0.3, 0.4) is 0 Å². The van der Waals surface area contributed by atoms with Gasteiger partial charge in [-0.3, -0.25) is 8.74 Å². The average molecular weight is 166 g/mol. The van der Waals surface area contributed by atoms with Gasteiger partial charge in [0.1, 0.15) is 0 Å². The first-order valence-electron chi connectivity index (χ1n) is 3.04. The molecule has 1 aliphatic rings. The van der Waals surface area contributed by atoms with Crippen LogP contribution in [0, 0.1) is 5.41 Å². The summed E-state index contributed by atoms with van der Waals surface area (Å²) in [6.07, 6.45) is 1.78. The zero-order valence-electron chi connectivity index (χ0n) is 5.45. The molecule has 0 amide bonds. The minimum Gasteiger partial charge on any atom is -0.396 e. The fraction of sp³-hybridized carbons (Fsp3) is 1.00. The lowest BCUT2D eigenvalue weighted by Gasteiger charge is -2.07.